The zero-order valence-electron chi connectivity index (χ0n) is 16.3. The molecule has 0 amide bonds. The molecule has 1 aliphatic rings. The molecule has 0 aromatic carbocycles. The van der Waals surface area contributed by atoms with E-state index < -0.39 is 12.4 Å². The van der Waals surface area contributed by atoms with Gasteiger partial charge in [-0.15, -0.1) is 0 Å². The fourth-order valence-corrected chi connectivity index (χ4v) is 3.31. The van der Waals surface area contributed by atoms with Crippen LogP contribution in [0.1, 0.15) is 97.8 Å². The molecule has 0 saturated heterocycles. The predicted octanol–water partition coefficient (Wildman–Crippen LogP) is 5.75. The number of esters is 1. The molecular formula is C20H36O5. The van der Waals surface area contributed by atoms with Crippen molar-refractivity contribution in [3.05, 3.63) is 0 Å². The van der Waals surface area contributed by atoms with Crippen LogP contribution in [0.5, 0.6) is 0 Å². The first-order valence-electron chi connectivity index (χ1n) is 10.1. The number of carbonyl (C=O) groups excluding carboxylic acids is 2. The van der Waals surface area contributed by atoms with E-state index in [-0.39, 0.29) is 18.0 Å². The van der Waals surface area contributed by atoms with Crippen molar-refractivity contribution in [2.45, 2.75) is 110 Å². The van der Waals surface area contributed by atoms with Crippen molar-refractivity contribution in [3.63, 3.8) is 0 Å². The first-order valence-corrected chi connectivity index (χ1v) is 10.1. The minimum atomic E-state index is -0.904. The van der Waals surface area contributed by atoms with Crippen molar-refractivity contribution in [1.82, 2.24) is 0 Å². The lowest BCUT2D eigenvalue weighted by atomic mass is 9.96. The number of ether oxygens (including phenoxy) is 3. The quantitative estimate of drug-likeness (QED) is 0.268. The number of rotatable bonds is 11. The average molecular weight is 357 g/mol. The normalized spacial score (nSPS) is 17.6. The summed E-state index contributed by atoms with van der Waals surface area (Å²) in [6, 6.07) is 0. The lowest BCUT2D eigenvalue weighted by Crippen LogP contribution is -2.29. The highest BCUT2D eigenvalue weighted by molar-refractivity contribution is 5.72. The summed E-state index contributed by atoms with van der Waals surface area (Å²) in [5, 5.41) is 0. The molecule has 1 rings (SSSR count). The van der Waals surface area contributed by atoms with E-state index in [2.05, 4.69) is 13.8 Å². The number of unbranched alkanes of at least 4 members (excludes halogenated alkanes) is 3. The summed E-state index contributed by atoms with van der Waals surface area (Å²) in [6.07, 6.45) is 10.6. The molecular weight excluding hydrogens is 320 g/mol. The molecule has 0 aromatic heterocycles. The van der Waals surface area contributed by atoms with E-state index in [0.29, 0.717) is 0 Å². The Morgan fingerprint density at radius 3 is 2.28 bits per heavy atom. The van der Waals surface area contributed by atoms with E-state index in [9.17, 15) is 9.59 Å². The van der Waals surface area contributed by atoms with Crippen LogP contribution in [0.25, 0.3) is 0 Å². The van der Waals surface area contributed by atoms with Gasteiger partial charge in [0.25, 0.3) is 0 Å². The molecule has 5 nitrogen and oxygen atoms in total. The third kappa shape index (κ3) is 9.71. The minimum Gasteiger partial charge on any atom is -0.431 e. The molecule has 25 heavy (non-hydrogen) atoms. The Kier molecular flexibility index (Phi) is 11.3. The number of carbonyl (C=O) groups is 2. The third-order valence-corrected chi connectivity index (χ3v) is 4.74. The van der Waals surface area contributed by atoms with Gasteiger partial charge in [0.15, 0.2) is 0 Å². The Balaban J connectivity index is 2.31. The van der Waals surface area contributed by atoms with E-state index in [1.54, 1.807) is 6.92 Å². The van der Waals surface area contributed by atoms with Gasteiger partial charge >= 0.3 is 12.1 Å². The Bertz CT molecular complexity index is 376. The zero-order valence-corrected chi connectivity index (χ0v) is 16.3. The van der Waals surface area contributed by atoms with Crippen molar-refractivity contribution in [2.24, 2.45) is 5.92 Å². The summed E-state index contributed by atoms with van der Waals surface area (Å²) in [5.41, 5.74) is 0. The third-order valence-electron chi connectivity index (χ3n) is 4.74. The molecule has 0 radical (unpaired) electrons. The maximum Gasteiger partial charge on any atom is 0.511 e. The number of hydrogen-bond acceptors (Lipinski definition) is 5. The highest BCUT2D eigenvalue weighted by Gasteiger charge is 2.24. The summed E-state index contributed by atoms with van der Waals surface area (Å²) in [5.74, 6) is -0.376. The second-order valence-corrected chi connectivity index (χ2v) is 7.09. The fraction of sp³-hybridized carbons (Fsp3) is 0.900. The summed E-state index contributed by atoms with van der Waals surface area (Å²) in [7, 11) is 0. The average Bonchev–Trinajstić information content (AvgIpc) is 2.58. The van der Waals surface area contributed by atoms with Gasteiger partial charge in [-0.2, -0.15) is 0 Å². The molecule has 0 heterocycles. The molecule has 0 N–H and O–H groups in total. The minimum absolute atomic E-state index is 0.0597. The first kappa shape index (κ1) is 21.8. The van der Waals surface area contributed by atoms with Gasteiger partial charge < -0.3 is 14.2 Å². The van der Waals surface area contributed by atoms with Gasteiger partial charge in [-0.05, 0) is 38.5 Å². The maximum atomic E-state index is 12.3. The molecule has 0 spiro atoms. The lowest BCUT2D eigenvalue weighted by Gasteiger charge is -2.23. The molecule has 0 bridgehead atoms. The van der Waals surface area contributed by atoms with Crippen LogP contribution in [-0.4, -0.2) is 24.5 Å². The van der Waals surface area contributed by atoms with Crippen LogP contribution in [0.3, 0.4) is 0 Å². The summed E-state index contributed by atoms with van der Waals surface area (Å²) in [6.45, 7) is 5.80. The highest BCUT2D eigenvalue weighted by Crippen LogP contribution is 2.22. The molecule has 0 aliphatic heterocycles. The number of hydrogen-bond donors (Lipinski definition) is 0. The van der Waals surface area contributed by atoms with Crippen molar-refractivity contribution in [3.8, 4) is 0 Å². The maximum absolute atomic E-state index is 12.3. The predicted molar refractivity (Wildman–Crippen MR) is 97.2 cm³/mol. The van der Waals surface area contributed by atoms with Gasteiger partial charge in [-0.25, -0.2) is 4.79 Å². The topological polar surface area (TPSA) is 61.8 Å². The molecule has 1 unspecified atom stereocenters. The Hall–Kier alpha value is -1.26. The molecule has 1 aliphatic carbocycles. The Morgan fingerprint density at radius 1 is 0.920 bits per heavy atom. The molecule has 0 aromatic rings. The van der Waals surface area contributed by atoms with Gasteiger partial charge in [0.2, 0.25) is 6.29 Å². The van der Waals surface area contributed by atoms with Crippen LogP contribution < -0.4 is 0 Å². The molecule has 2 atom stereocenters. The Labute approximate surface area is 152 Å². The first-order chi connectivity index (χ1) is 12.1. The van der Waals surface area contributed by atoms with Crippen molar-refractivity contribution >= 4 is 12.1 Å². The van der Waals surface area contributed by atoms with E-state index in [4.69, 9.17) is 14.2 Å². The fourth-order valence-electron chi connectivity index (χ4n) is 3.31. The second-order valence-electron chi connectivity index (χ2n) is 7.09. The summed E-state index contributed by atoms with van der Waals surface area (Å²) < 4.78 is 15.7. The van der Waals surface area contributed by atoms with E-state index in [1.807, 2.05) is 0 Å². The standard InChI is InChI=1S/C20H36O5/c1-4-6-7-9-13-17(12-5-2)19(21)23-16(3)24-20(22)25-18-14-10-8-11-15-18/h16-18H,4-15H2,1-3H3/t16?,17-/m1/s1. The van der Waals surface area contributed by atoms with Crippen LogP contribution in [0.15, 0.2) is 0 Å². The van der Waals surface area contributed by atoms with E-state index >= 15 is 0 Å². The van der Waals surface area contributed by atoms with E-state index in [1.165, 1.54) is 19.3 Å². The van der Waals surface area contributed by atoms with Gasteiger partial charge in [0.05, 0.1) is 5.92 Å². The van der Waals surface area contributed by atoms with Crippen LogP contribution in [-0.2, 0) is 19.0 Å². The van der Waals surface area contributed by atoms with Crippen LogP contribution in [0.4, 0.5) is 4.79 Å². The SMILES string of the molecule is CCCCCC[C@@H](CCC)C(=O)OC(C)OC(=O)OC1CCCCC1. The molecule has 1 fully saturated rings. The van der Waals surface area contributed by atoms with Crippen molar-refractivity contribution in [1.29, 1.82) is 0 Å². The van der Waals surface area contributed by atoms with E-state index in [0.717, 1.165) is 57.8 Å². The van der Waals surface area contributed by atoms with Gasteiger partial charge in [-0.3, -0.25) is 4.79 Å². The van der Waals surface area contributed by atoms with Gasteiger partial charge in [0, 0.05) is 6.92 Å². The van der Waals surface area contributed by atoms with Gasteiger partial charge in [-0.1, -0.05) is 52.4 Å². The van der Waals surface area contributed by atoms with Crippen LogP contribution >= 0.6 is 0 Å². The molecule has 5 heteroatoms. The van der Waals surface area contributed by atoms with Gasteiger partial charge in [0.1, 0.15) is 6.10 Å². The summed E-state index contributed by atoms with van der Waals surface area (Å²) in [4.78, 5) is 24.1. The molecule has 1 saturated carbocycles. The highest BCUT2D eigenvalue weighted by atomic mass is 16.8. The van der Waals surface area contributed by atoms with Crippen molar-refractivity contribution < 1.29 is 23.8 Å². The smallest absolute Gasteiger partial charge is 0.431 e. The second kappa shape index (κ2) is 13.0. The lowest BCUT2D eigenvalue weighted by molar-refractivity contribution is -0.174. The van der Waals surface area contributed by atoms with Crippen LogP contribution in [0.2, 0.25) is 0 Å². The monoisotopic (exact) mass is 356 g/mol. The van der Waals surface area contributed by atoms with Crippen LogP contribution in [0, 0.1) is 5.92 Å². The Morgan fingerprint density at radius 2 is 1.64 bits per heavy atom. The summed E-state index contributed by atoms with van der Waals surface area (Å²) >= 11 is 0. The van der Waals surface area contributed by atoms with Crippen molar-refractivity contribution in [2.75, 3.05) is 0 Å². The molecule has 146 valence electrons. The largest absolute Gasteiger partial charge is 0.511 e. The zero-order chi connectivity index (χ0) is 18.5.